The van der Waals surface area contributed by atoms with Crippen LogP contribution in [0, 0.1) is 12.8 Å². The minimum absolute atomic E-state index is 0.0645. The molecule has 1 aliphatic carbocycles. The minimum atomic E-state index is -1.91. The predicted molar refractivity (Wildman–Crippen MR) is 131 cm³/mol. The van der Waals surface area contributed by atoms with E-state index in [1.807, 2.05) is 0 Å². The summed E-state index contributed by atoms with van der Waals surface area (Å²) in [5, 5.41) is 3.18. The van der Waals surface area contributed by atoms with Gasteiger partial charge in [0.2, 0.25) is 8.32 Å². The minimum Gasteiger partial charge on any atom is -0.544 e. The smallest absolute Gasteiger partial charge is 0.242 e. The fourth-order valence-electron chi connectivity index (χ4n) is 4.73. The van der Waals surface area contributed by atoms with Gasteiger partial charge in [0.15, 0.2) is 0 Å². The summed E-state index contributed by atoms with van der Waals surface area (Å²) in [6, 6.07) is 4.80. The molecule has 156 valence electrons. The van der Waals surface area contributed by atoms with Crippen LogP contribution in [-0.2, 0) is 5.41 Å². The Morgan fingerprint density at radius 2 is 1.39 bits per heavy atom. The average molecular weight is 415 g/mol. The summed E-state index contributed by atoms with van der Waals surface area (Å²) in [5.41, 5.74) is 7.36. The standard InChI is InChI=1S/C25H42OSi2/c1-16-14-21(25(6,7)8)23(26-27(9,10)11)22(15-16)28(12,13)24-19(4)17(2)18(3)20(24)5/h14-15,19H,1-13H3. The molecule has 0 saturated carbocycles. The third kappa shape index (κ3) is 4.26. The summed E-state index contributed by atoms with van der Waals surface area (Å²) >= 11 is 0. The van der Waals surface area contributed by atoms with Crippen molar-refractivity contribution in [3.05, 3.63) is 45.2 Å². The Hall–Kier alpha value is -1.07. The molecule has 0 aromatic heterocycles. The zero-order valence-corrected chi connectivity index (χ0v) is 22.6. The van der Waals surface area contributed by atoms with Crippen LogP contribution in [0.4, 0.5) is 0 Å². The lowest BCUT2D eigenvalue weighted by atomic mass is 9.85. The summed E-state index contributed by atoms with van der Waals surface area (Å²) in [4.78, 5) is 0. The number of hydrogen-bond donors (Lipinski definition) is 0. The van der Waals surface area contributed by atoms with Crippen molar-refractivity contribution in [3.8, 4) is 5.75 Å². The third-order valence-electron chi connectivity index (χ3n) is 6.44. The van der Waals surface area contributed by atoms with Crippen LogP contribution in [0.15, 0.2) is 34.0 Å². The van der Waals surface area contributed by atoms with Crippen LogP contribution in [0.1, 0.15) is 59.6 Å². The highest BCUT2D eigenvalue weighted by Gasteiger charge is 2.41. The predicted octanol–water partition coefficient (Wildman–Crippen LogP) is 7.26. The molecular weight excluding hydrogens is 372 g/mol. The third-order valence-corrected chi connectivity index (χ3v) is 11.1. The Labute approximate surface area is 176 Å². The Morgan fingerprint density at radius 1 is 0.857 bits per heavy atom. The summed E-state index contributed by atoms with van der Waals surface area (Å²) in [5.74, 6) is 1.74. The molecule has 0 N–H and O–H groups in total. The lowest BCUT2D eigenvalue weighted by molar-refractivity contribution is 0.511. The monoisotopic (exact) mass is 414 g/mol. The number of aryl methyl sites for hydroxylation is 1. The summed E-state index contributed by atoms with van der Waals surface area (Å²) in [7, 11) is -3.65. The molecule has 0 spiro atoms. The van der Waals surface area contributed by atoms with Crippen molar-refractivity contribution in [1.82, 2.24) is 0 Å². The van der Waals surface area contributed by atoms with Crippen LogP contribution in [0.3, 0.4) is 0 Å². The summed E-state index contributed by atoms with van der Waals surface area (Å²) in [6.07, 6.45) is 0. The topological polar surface area (TPSA) is 9.23 Å². The van der Waals surface area contributed by atoms with Gasteiger partial charge in [-0.25, -0.2) is 0 Å². The number of rotatable bonds is 4. The van der Waals surface area contributed by atoms with Crippen LogP contribution in [0.2, 0.25) is 32.7 Å². The van der Waals surface area contributed by atoms with E-state index in [1.165, 1.54) is 33.2 Å². The number of benzene rings is 1. The molecule has 0 fully saturated rings. The van der Waals surface area contributed by atoms with Gasteiger partial charge >= 0.3 is 0 Å². The van der Waals surface area contributed by atoms with Crippen molar-refractivity contribution in [3.63, 3.8) is 0 Å². The van der Waals surface area contributed by atoms with Gasteiger partial charge in [-0.2, -0.15) is 0 Å². The molecule has 0 bridgehead atoms. The molecule has 1 aliphatic rings. The molecule has 0 saturated heterocycles. The van der Waals surface area contributed by atoms with Gasteiger partial charge in [0.25, 0.3) is 0 Å². The molecule has 0 aliphatic heterocycles. The molecule has 1 atom stereocenters. The van der Waals surface area contributed by atoms with E-state index in [9.17, 15) is 0 Å². The average Bonchev–Trinajstić information content (AvgIpc) is 2.70. The fourth-order valence-corrected chi connectivity index (χ4v) is 9.72. The Bertz CT molecular complexity index is 843. The first kappa shape index (κ1) is 23.2. The first-order valence-electron chi connectivity index (χ1n) is 10.7. The summed E-state index contributed by atoms with van der Waals surface area (Å²) < 4.78 is 6.85. The zero-order chi connectivity index (χ0) is 21.8. The Morgan fingerprint density at radius 3 is 1.79 bits per heavy atom. The lowest BCUT2D eigenvalue weighted by Gasteiger charge is -2.37. The SMILES string of the molecule is CC1=C(C)C(C)C([Si](C)(C)c2cc(C)cc(C(C)(C)C)c2O[Si](C)(C)C)=C1C. The van der Waals surface area contributed by atoms with E-state index in [0.29, 0.717) is 5.92 Å². The first-order chi connectivity index (χ1) is 12.5. The zero-order valence-electron chi connectivity index (χ0n) is 20.6. The quantitative estimate of drug-likeness (QED) is 0.471. The van der Waals surface area contributed by atoms with E-state index < -0.39 is 16.4 Å². The van der Waals surface area contributed by atoms with Gasteiger partial charge in [-0.1, -0.05) is 74.8 Å². The van der Waals surface area contributed by atoms with Crippen molar-refractivity contribution >= 4 is 21.6 Å². The van der Waals surface area contributed by atoms with E-state index >= 15 is 0 Å². The van der Waals surface area contributed by atoms with Crippen molar-refractivity contribution in [1.29, 1.82) is 0 Å². The van der Waals surface area contributed by atoms with Gasteiger partial charge in [0, 0.05) is 0 Å². The second kappa shape index (κ2) is 7.32. The van der Waals surface area contributed by atoms with Crippen LogP contribution < -0.4 is 9.61 Å². The van der Waals surface area contributed by atoms with E-state index in [-0.39, 0.29) is 5.41 Å². The van der Waals surface area contributed by atoms with Gasteiger partial charge in [0.1, 0.15) is 13.8 Å². The maximum Gasteiger partial charge on any atom is 0.242 e. The summed E-state index contributed by atoms with van der Waals surface area (Å²) in [6.45, 7) is 30.5. The molecule has 0 radical (unpaired) electrons. The first-order valence-corrected chi connectivity index (χ1v) is 17.1. The maximum absolute atomic E-state index is 6.85. The van der Waals surface area contributed by atoms with Crippen LogP contribution >= 0.6 is 0 Å². The molecule has 1 nitrogen and oxygen atoms in total. The van der Waals surface area contributed by atoms with Gasteiger partial charge in [-0.15, -0.1) is 0 Å². The van der Waals surface area contributed by atoms with Crippen LogP contribution in [0.25, 0.3) is 0 Å². The highest BCUT2D eigenvalue weighted by molar-refractivity contribution is 6.96. The largest absolute Gasteiger partial charge is 0.544 e. The van der Waals surface area contributed by atoms with E-state index in [0.717, 1.165) is 0 Å². The molecule has 0 amide bonds. The number of hydrogen-bond acceptors (Lipinski definition) is 1. The normalized spacial score (nSPS) is 19.0. The molecule has 28 heavy (non-hydrogen) atoms. The molecule has 1 aromatic rings. The second-order valence-corrected chi connectivity index (χ2v) is 20.1. The molecule has 1 unspecified atom stereocenters. The van der Waals surface area contributed by atoms with Crippen molar-refractivity contribution in [2.75, 3.05) is 0 Å². The fraction of sp³-hybridized carbons (Fsp3) is 0.600. The molecular formula is C25H42OSi2. The van der Waals surface area contributed by atoms with Gasteiger partial charge in [-0.3, -0.25) is 0 Å². The van der Waals surface area contributed by atoms with Crippen LogP contribution in [-0.4, -0.2) is 16.4 Å². The van der Waals surface area contributed by atoms with Crippen molar-refractivity contribution in [2.45, 2.75) is 93.5 Å². The Kier molecular flexibility index (Phi) is 6.07. The van der Waals surface area contributed by atoms with Crippen molar-refractivity contribution < 1.29 is 4.43 Å². The molecule has 0 heterocycles. The highest BCUT2D eigenvalue weighted by atomic mass is 28.4. The Balaban J connectivity index is 2.83. The van der Waals surface area contributed by atoms with E-state index in [4.69, 9.17) is 4.43 Å². The highest BCUT2D eigenvalue weighted by Crippen LogP contribution is 2.43. The van der Waals surface area contributed by atoms with Gasteiger partial charge in [0.05, 0.1) is 0 Å². The van der Waals surface area contributed by atoms with Gasteiger partial charge < -0.3 is 4.43 Å². The lowest BCUT2D eigenvalue weighted by Crippen LogP contribution is -2.49. The van der Waals surface area contributed by atoms with Crippen molar-refractivity contribution in [2.24, 2.45) is 5.92 Å². The van der Waals surface area contributed by atoms with E-state index in [2.05, 4.69) is 100 Å². The number of allylic oxidation sites excluding steroid dienone is 4. The maximum atomic E-state index is 6.85. The van der Waals surface area contributed by atoms with Crippen LogP contribution in [0.5, 0.6) is 5.75 Å². The molecule has 2 rings (SSSR count). The second-order valence-electron chi connectivity index (χ2n) is 11.3. The van der Waals surface area contributed by atoms with Gasteiger partial charge in [-0.05, 0) is 75.0 Å². The molecule has 3 heteroatoms. The molecule has 1 aromatic carbocycles. The van der Waals surface area contributed by atoms with E-state index in [1.54, 1.807) is 10.8 Å².